The molecule has 4 aromatic carbocycles. The lowest BCUT2D eigenvalue weighted by Gasteiger charge is -2.41. The van der Waals surface area contributed by atoms with E-state index in [1.165, 1.54) is 41.8 Å². The Hall–Kier alpha value is -3.84. The van der Waals surface area contributed by atoms with Crippen molar-refractivity contribution in [3.63, 3.8) is 0 Å². The molecule has 302 valence electrons. The summed E-state index contributed by atoms with van der Waals surface area (Å²) in [6, 6.07) is 44.3. The third-order valence-corrected chi connectivity index (χ3v) is 9.80. The Labute approximate surface area is 318 Å². The van der Waals surface area contributed by atoms with Gasteiger partial charge >= 0.3 is 11.0 Å². The molecule has 9 nitrogen and oxygen atoms in total. The summed E-state index contributed by atoms with van der Waals surface area (Å²) in [4.78, 5) is 6.10. The molecule has 0 amide bonds. The largest absolute Gasteiger partial charge is 0.741 e. The van der Waals surface area contributed by atoms with Crippen molar-refractivity contribution in [2.24, 2.45) is 5.41 Å². The molecule has 2 N–H and O–H groups in total. The number of rotatable bonds is 10. The molecular formula is C38H45F6N3O6S2. The zero-order chi connectivity index (χ0) is 40.8. The molecule has 1 heterocycles. The number of halogens is 6. The summed E-state index contributed by atoms with van der Waals surface area (Å²) in [6.07, 6.45) is 1.25. The van der Waals surface area contributed by atoms with Crippen molar-refractivity contribution in [3.8, 4) is 0 Å². The van der Waals surface area contributed by atoms with Gasteiger partial charge in [-0.15, -0.1) is 0 Å². The van der Waals surface area contributed by atoms with Gasteiger partial charge in [-0.05, 0) is 12.5 Å². The highest BCUT2D eigenvalue weighted by atomic mass is 32.2. The van der Waals surface area contributed by atoms with Crippen LogP contribution in [0.4, 0.5) is 26.3 Å². The molecule has 17 heteroatoms. The molecule has 0 aromatic heterocycles. The number of alkyl halides is 6. The molecule has 0 bridgehead atoms. The van der Waals surface area contributed by atoms with Crippen molar-refractivity contribution in [1.29, 1.82) is 0 Å². The summed E-state index contributed by atoms with van der Waals surface area (Å²) >= 11 is 0. The average Bonchev–Trinajstić information content (AvgIpc) is 3.08. The normalized spacial score (nSPS) is 18.5. The second-order valence-corrected chi connectivity index (χ2v) is 16.5. The number of nitrogens with one attached hydrogen (secondary N) is 2. The Morgan fingerprint density at radius 1 is 0.655 bits per heavy atom. The molecule has 0 saturated carbocycles. The topological polar surface area (TPSA) is 127 Å². The second-order valence-electron chi connectivity index (χ2n) is 13.8. The van der Waals surface area contributed by atoms with E-state index in [0.29, 0.717) is 0 Å². The van der Waals surface area contributed by atoms with E-state index in [2.05, 4.69) is 133 Å². The van der Waals surface area contributed by atoms with E-state index < -0.39 is 31.3 Å². The Bertz CT molecular complexity index is 1790. The second kappa shape index (κ2) is 20.4. The molecule has 55 heavy (non-hydrogen) atoms. The zero-order valence-electron chi connectivity index (χ0n) is 30.1. The minimum atomic E-state index is -6.09. The standard InChI is InChI=1S/C36H43N3.2CHF3O3S/c1-36(31-39(27-34-19-10-4-11-20-34)28-35-21-12-5-13-22-35)29-37(25-32-15-6-2-7-16-32)23-14-24-38(30-36)26-33-17-8-3-9-18-33;2*2-1(3,4)8(5,6)7/h2-13,15-22H,14,23-31H2,1H3;2*(H,5,6,7). The molecule has 1 unspecified atom stereocenters. The number of nitrogens with zero attached hydrogens (tertiary/aromatic N) is 1. The van der Waals surface area contributed by atoms with Crippen LogP contribution in [-0.4, -0.2) is 74.6 Å². The molecule has 1 fully saturated rings. The van der Waals surface area contributed by atoms with Gasteiger partial charge in [0.2, 0.25) is 0 Å². The maximum Gasteiger partial charge on any atom is 0.485 e. The predicted octanol–water partition coefficient (Wildman–Crippen LogP) is 4.37. The molecule has 0 spiro atoms. The van der Waals surface area contributed by atoms with Crippen LogP contribution in [-0.2, 0) is 46.4 Å². The van der Waals surface area contributed by atoms with E-state index in [0.717, 1.165) is 45.8 Å². The monoisotopic (exact) mass is 817 g/mol. The Morgan fingerprint density at radius 3 is 1.40 bits per heavy atom. The van der Waals surface area contributed by atoms with Gasteiger partial charge in [-0.2, -0.15) is 26.3 Å². The molecular weight excluding hydrogens is 773 g/mol. The van der Waals surface area contributed by atoms with Gasteiger partial charge in [-0.1, -0.05) is 121 Å². The maximum absolute atomic E-state index is 10.7. The SMILES string of the molecule is C[C@]1(C[NH+](Cc2ccccc2)Cc2ccccc2)CN(Cc2ccccc2)CCC[NH+](Cc2ccccc2)C1.O=S(=O)([O-])C(F)(F)F.O=S(=O)([O-])C(F)(F)F. The number of quaternary nitrogens is 2. The summed E-state index contributed by atoms with van der Waals surface area (Å²) in [5.74, 6) is 0. The lowest BCUT2D eigenvalue weighted by molar-refractivity contribution is -0.952. The first-order valence-corrected chi connectivity index (χ1v) is 20.0. The van der Waals surface area contributed by atoms with E-state index in [1.807, 2.05) is 0 Å². The van der Waals surface area contributed by atoms with Gasteiger partial charge in [0.15, 0.2) is 20.2 Å². The first kappa shape index (κ1) is 45.5. The van der Waals surface area contributed by atoms with E-state index in [9.17, 15) is 26.3 Å². The van der Waals surface area contributed by atoms with Crippen LogP contribution in [0.1, 0.15) is 35.6 Å². The summed E-state index contributed by atoms with van der Waals surface area (Å²) in [7, 11) is -12.2. The lowest BCUT2D eigenvalue weighted by Crippen LogP contribution is -3.16. The number of hydrogen-bond donors (Lipinski definition) is 2. The highest BCUT2D eigenvalue weighted by Gasteiger charge is 2.39. The maximum atomic E-state index is 10.7. The fraction of sp³-hybridized carbons (Fsp3) is 0.368. The van der Waals surface area contributed by atoms with Crippen molar-refractivity contribution >= 4 is 20.2 Å². The van der Waals surface area contributed by atoms with Gasteiger partial charge in [0.05, 0.1) is 25.0 Å². The van der Waals surface area contributed by atoms with Crippen LogP contribution >= 0.6 is 0 Å². The fourth-order valence-electron chi connectivity index (χ4n) is 6.61. The zero-order valence-corrected chi connectivity index (χ0v) is 31.7. The van der Waals surface area contributed by atoms with Crippen LogP contribution in [0.3, 0.4) is 0 Å². The van der Waals surface area contributed by atoms with Crippen LogP contribution in [0, 0.1) is 5.41 Å². The lowest BCUT2D eigenvalue weighted by atomic mass is 9.86. The summed E-state index contributed by atoms with van der Waals surface area (Å²) in [5.41, 5.74) is -5.38. The molecule has 1 saturated heterocycles. The first-order chi connectivity index (χ1) is 25.6. The third-order valence-electron chi connectivity index (χ3n) is 8.67. The molecule has 2 atom stereocenters. The minimum absolute atomic E-state index is 0.193. The van der Waals surface area contributed by atoms with Crippen LogP contribution in [0.25, 0.3) is 0 Å². The minimum Gasteiger partial charge on any atom is -0.741 e. The van der Waals surface area contributed by atoms with Gasteiger partial charge in [-0.25, -0.2) is 16.8 Å². The molecule has 0 radical (unpaired) electrons. The predicted molar refractivity (Wildman–Crippen MR) is 193 cm³/mol. The van der Waals surface area contributed by atoms with Gasteiger partial charge in [-0.3, -0.25) is 4.90 Å². The van der Waals surface area contributed by atoms with Crippen molar-refractivity contribution in [2.75, 3.05) is 32.7 Å². The van der Waals surface area contributed by atoms with E-state index in [4.69, 9.17) is 25.9 Å². The van der Waals surface area contributed by atoms with Crippen LogP contribution in [0.15, 0.2) is 121 Å². The highest BCUT2D eigenvalue weighted by molar-refractivity contribution is 7.86. The van der Waals surface area contributed by atoms with Gasteiger partial charge in [0.25, 0.3) is 0 Å². The van der Waals surface area contributed by atoms with Crippen molar-refractivity contribution in [3.05, 3.63) is 144 Å². The third kappa shape index (κ3) is 16.8. The smallest absolute Gasteiger partial charge is 0.485 e. The van der Waals surface area contributed by atoms with Gasteiger partial charge in [0, 0.05) is 42.7 Å². The molecule has 1 aliphatic rings. The van der Waals surface area contributed by atoms with E-state index >= 15 is 0 Å². The summed E-state index contributed by atoms with van der Waals surface area (Å²) in [5, 5.41) is 0. The van der Waals surface area contributed by atoms with Crippen LogP contribution < -0.4 is 9.80 Å². The Balaban J connectivity index is 0.000000425. The van der Waals surface area contributed by atoms with Gasteiger partial charge < -0.3 is 18.9 Å². The summed E-state index contributed by atoms with van der Waals surface area (Å²) < 4.78 is 118. The molecule has 0 aliphatic carbocycles. The van der Waals surface area contributed by atoms with Crippen molar-refractivity contribution < 1.29 is 62.1 Å². The van der Waals surface area contributed by atoms with Crippen LogP contribution in [0.5, 0.6) is 0 Å². The Morgan fingerprint density at radius 2 is 1.02 bits per heavy atom. The van der Waals surface area contributed by atoms with E-state index in [-0.39, 0.29) is 5.41 Å². The average molecular weight is 818 g/mol. The fourth-order valence-corrected chi connectivity index (χ4v) is 6.61. The van der Waals surface area contributed by atoms with Crippen molar-refractivity contribution in [2.45, 2.75) is 50.5 Å². The molecule has 1 aliphatic heterocycles. The summed E-state index contributed by atoms with van der Waals surface area (Å²) in [6.45, 7) is 12.7. The quantitative estimate of drug-likeness (QED) is 0.138. The Kier molecular flexibility index (Phi) is 16.9. The first-order valence-electron chi connectivity index (χ1n) is 17.2. The van der Waals surface area contributed by atoms with E-state index in [1.54, 1.807) is 9.80 Å². The van der Waals surface area contributed by atoms with Gasteiger partial charge in [0.1, 0.15) is 19.6 Å². The highest BCUT2D eigenvalue weighted by Crippen LogP contribution is 2.22. The molecule has 4 aromatic rings. The molecule has 5 rings (SSSR count). The number of benzene rings is 4. The van der Waals surface area contributed by atoms with Crippen LogP contribution in [0.2, 0.25) is 0 Å². The van der Waals surface area contributed by atoms with Crippen molar-refractivity contribution in [1.82, 2.24) is 4.90 Å². The number of hydrogen-bond acceptors (Lipinski definition) is 7.